The molecule has 1 aromatic rings. The van der Waals surface area contributed by atoms with E-state index < -0.39 is 11.9 Å². The van der Waals surface area contributed by atoms with Crippen molar-refractivity contribution in [3.8, 4) is 5.75 Å². The first kappa shape index (κ1) is 16.6. The Hall–Kier alpha value is -2.43. The Bertz CT molecular complexity index is 516. The normalized spacial score (nSPS) is 12.5. The van der Waals surface area contributed by atoms with E-state index in [2.05, 4.69) is 0 Å². The number of esters is 1. The van der Waals surface area contributed by atoms with E-state index >= 15 is 0 Å². The Kier molecular flexibility index (Phi) is 6.87. The number of phenolic OH excluding ortho intramolecular Hbond substituents is 1. The second-order valence-corrected chi connectivity index (χ2v) is 4.54. The number of allylic oxidation sites excluding steroid dienone is 2. The summed E-state index contributed by atoms with van der Waals surface area (Å²) < 4.78 is 5.10. The van der Waals surface area contributed by atoms with E-state index in [0.29, 0.717) is 18.1 Å². The minimum absolute atomic E-state index is 0.0186. The smallest absolute Gasteiger partial charge is 0.306 e. The molecular weight excluding hydrogens is 272 g/mol. The Balaban J connectivity index is 2.55. The van der Waals surface area contributed by atoms with Gasteiger partial charge in [-0.25, -0.2) is 0 Å². The number of carbonyl (C=O) groups is 3. The predicted octanol–water partition coefficient (Wildman–Crippen LogP) is 2.18. The van der Waals surface area contributed by atoms with Crippen LogP contribution in [0.25, 0.3) is 0 Å². The van der Waals surface area contributed by atoms with E-state index in [4.69, 9.17) is 9.84 Å². The minimum Gasteiger partial charge on any atom is -0.508 e. The van der Waals surface area contributed by atoms with Gasteiger partial charge in [-0.3, -0.25) is 9.59 Å². The molecule has 0 saturated heterocycles. The van der Waals surface area contributed by atoms with Crippen LogP contribution in [0.4, 0.5) is 0 Å². The molecule has 112 valence electrons. The first-order valence-corrected chi connectivity index (χ1v) is 6.59. The number of benzene rings is 1. The summed E-state index contributed by atoms with van der Waals surface area (Å²) in [4.78, 5) is 33.3. The molecule has 0 unspecified atom stereocenters. The Morgan fingerprint density at radius 3 is 2.48 bits per heavy atom. The molecule has 1 N–H and O–H groups in total. The molecule has 0 heterocycles. The van der Waals surface area contributed by atoms with Crippen molar-refractivity contribution >= 4 is 18.5 Å². The lowest BCUT2D eigenvalue weighted by Crippen LogP contribution is -2.15. The topological polar surface area (TPSA) is 80.7 Å². The fourth-order valence-electron chi connectivity index (χ4n) is 1.87. The molecule has 5 heteroatoms. The number of phenols is 1. The lowest BCUT2D eigenvalue weighted by atomic mass is 9.93. The van der Waals surface area contributed by atoms with E-state index in [1.54, 1.807) is 25.1 Å². The molecule has 0 saturated carbocycles. The van der Waals surface area contributed by atoms with Crippen LogP contribution < -0.4 is 0 Å². The molecule has 0 aliphatic rings. The number of aldehydes is 2. The van der Waals surface area contributed by atoms with Gasteiger partial charge >= 0.3 is 5.97 Å². The van der Waals surface area contributed by atoms with Gasteiger partial charge in [0.2, 0.25) is 0 Å². The van der Waals surface area contributed by atoms with Crippen molar-refractivity contribution < 1.29 is 24.2 Å². The van der Waals surface area contributed by atoms with Crippen LogP contribution >= 0.6 is 0 Å². The average Bonchev–Trinajstić information content (AvgIpc) is 2.48. The number of aromatic hydroxyl groups is 1. The third kappa shape index (κ3) is 5.60. The van der Waals surface area contributed by atoms with E-state index in [9.17, 15) is 14.4 Å². The highest BCUT2D eigenvalue weighted by atomic mass is 16.5. The number of carbonyl (C=O) groups excluding carboxylic acids is 3. The standard InChI is InChI=1S/C16H18O5/c1-2-13(10-18)14(7-8-17)9-16(20)21-11-12-3-5-15(19)6-4-12/h2-6,8,10,14,19H,7,9,11H2,1H3/b13-2-/t14-/m0/s1. The van der Waals surface area contributed by atoms with Gasteiger partial charge < -0.3 is 14.6 Å². The minimum atomic E-state index is -0.476. The van der Waals surface area contributed by atoms with Gasteiger partial charge in [-0.2, -0.15) is 0 Å². The van der Waals surface area contributed by atoms with Crippen molar-refractivity contribution in [1.82, 2.24) is 0 Å². The highest BCUT2D eigenvalue weighted by molar-refractivity contribution is 5.78. The molecule has 0 bridgehead atoms. The Morgan fingerprint density at radius 2 is 1.95 bits per heavy atom. The van der Waals surface area contributed by atoms with Gasteiger partial charge in [0, 0.05) is 12.3 Å². The van der Waals surface area contributed by atoms with Crippen LogP contribution in [0.1, 0.15) is 25.3 Å². The summed E-state index contributed by atoms with van der Waals surface area (Å²) in [5.41, 5.74) is 1.17. The van der Waals surface area contributed by atoms with E-state index in [1.165, 1.54) is 12.1 Å². The van der Waals surface area contributed by atoms with Crippen LogP contribution in [0.3, 0.4) is 0 Å². The van der Waals surface area contributed by atoms with Crippen molar-refractivity contribution in [3.05, 3.63) is 41.5 Å². The number of rotatable bonds is 8. The zero-order chi connectivity index (χ0) is 15.7. The summed E-state index contributed by atoms with van der Waals surface area (Å²) in [5.74, 6) is -0.784. The molecular formula is C16H18O5. The monoisotopic (exact) mass is 290 g/mol. The summed E-state index contributed by atoms with van der Waals surface area (Å²) in [6, 6.07) is 6.30. The van der Waals surface area contributed by atoms with Gasteiger partial charge in [0.25, 0.3) is 0 Å². The van der Waals surface area contributed by atoms with Crippen LogP contribution in [0.5, 0.6) is 5.75 Å². The van der Waals surface area contributed by atoms with E-state index in [0.717, 1.165) is 5.56 Å². The second-order valence-electron chi connectivity index (χ2n) is 4.54. The molecule has 0 aromatic heterocycles. The maximum Gasteiger partial charge on any atom is 0.306 e. The van der Waals surface area contributed by atoms with Gasteiger partial charge in [-0.05, 0) is 30.2 Å². The average molecular weight is 290 g/mol. The van der Waals surface area contributed by atoms with Gasteiger partial charge in [0.1, 0.15) is 24.9 Å². The quantitative estimate of drug-likeness (QED) is 0.451. The molecule has 1 atom stereocenters. The molecule has 0 spiro atoms. The van der Waals surface area contributed by atoms with Crippen LogP contribution in [-0.2, 0) is 25.7 Å². The zero-order valence-corrected chi connectivity index (χ0v) is 11.8. The number of hydrogen-bond donors (Lipinski definition) is 1. The van der Waals surface area contributed by atoms with Gasteiger partial charge in [-0.15, -0.1) is 0 Å². The largest absolute Gasteiger partial charge is 0.508 e. The zero-order valence-electron chi connectivity index (χ0n) is 11.8. The van der Waals surface area contributed by atoms with Gasteiger partial charge in [-0.1, -0.05) is 18.2 Å². The van der Waals surface area contributed by atoms with Gasteiger partial charge in [0.15, 0.2) is 0 Å². The third-order valence-electron chi connectivity index (χ3n) is 3.07. The lowest BCUT2D eigenvalue weighted by Gasteiger charge is -2.13. The predicted molar refractivity (Wildman–Crippen MR) is 76.5 cm³/mol. The lowest BCUT2D eigenvalue weighted by molar-refractivity contribution is -0.145. The fourth-order valence-corrected chi connectivity index (χ4v) is 1.87. The van der Waals surface area contributed by atoms with Crippen LogP contribution in [0.2, 0.25) is 0 Å². The van der Waals surface area contributed by atoms with Crippen molar-refractivity contribution in [3.63, 3.8) is 0 Å². The second kappa shape index (κ2) is 8.68. The molecule has 0 aliphatic heterocycles. The van der Waals surface area contributed by atoms with E-state index in [1.807, 2.05) is 0 Å². The summed E-state index contributed by atoms with van der Waals surface area (Å²) in [6.07, 6.45) is 3.02. The van der Waals surface area contributed by atoms with Crippen molar-refractivity contribution in [2.24, 2.45) is 5.92 Å². The Morgan fingerprint density at radius 1 is 1.29 bits per heavy atom. The van der Waals surface area contributed by atoms with Gasteiger partial charge in [0.05, 0.1) is 6.42 Å². The molecule has 0 aliphatic carbocycles. The summed E-state index contributed by atoms with van der Waals surface area (Å²) in [5, 5.41) is 9.15. The fraction of sp³-hybridized carbons (Fsp3) is 0.312. The summed E-state index contributed by atoms with van der Waals surface area (Å²) in [7, 11) is 0. The maximum absolute atomic E-state index is 11.8. The van der Waals surface area contributed by atoms with Crippen LogP contribution in [0.15, 0.2) is 35.9 Å². The highest BCUT2D eigenvalue weighted by Crippen LogP contribution is 2.18. The summed E-state index contributed by atoms with van der Waals surface area (Å²) >= 11 is 0. The van der Waals surface area contributed by atoms with Crippen molar-refractivity contribution in [1.29, 1.82) is 0 Å². The molecule has 1 aromatic carbocycles. The van der Waals surface area contributed by atoms with E-state index in [-0.39, 0.29) is 25.2 Å². The first-order chi connectivity index (χ1) is 10.1. The summed E-state index contributed by atoms with van der Waals surface area (Å²) in [6.45, 7) is 1.77. The first-order valence-electron chi connectivity index (χ1n) is 6.59. The SMILES string of the molecule is C/C=C(/C=O)[C@@H](CC=O)CC(=O)OCc1ccc(O)cc1. The molecule has 0 radical (unpaired) electrons. The third-order valence-corrected chi connectivity index (χ3v) is 3.07. The molecule has 1 rings (SSSR count). The highest BCUT2D eigenvalue weighted by Gasteiger charge is 2.18. The molecule has 0 fully saturated rings. The number of hydrogen-bond acceptors (Lipinski definition) is 5. The maximum atomic E-state index is 11.8. The Labute approximate surface area is 123 Å². The molecule has 5 nitrogen and oxygen atoms in total. The van der Waals surface area contributed by atoms with Crippen LogP contribution in [0, 0.1) is 5.92 Å². The number of ether oxygens (including phenoxy) is 1. The molecule has 0 amide bonds. The molecule has 21 heavy (non-hydrogen) atoms. The van der Waals surface area contributed by atoms with Crippen molar-refractivity contribution in [2.45, 2.75) is 26.4 Å². The van der Waals surface area contributed by atoms with Crippen LogP contribution in [-0.4, -0.2) is 23.6 Å². The van der Waals surface area contributed by atoms with Crippen molar-refractivity contribution in [2.75, 3.05) is 0 Å².